The Morgan fingerprint density at radius 2 is 2.10 bits per heavy atom. The van der Waals surface area contributed by atoms with Crippen LogP contribution in [-0.4, -0.2) is 5.91 Å². The van der Waals surface area contributed by atoms with Gasteiger partial charge in [0.2, 0.25) is 5.91 Å². The van der Waals surface area contributed by atoms with Crippen LogP contribution in [0.4, 0.5) is 5.69 Å². The maximum atomic E-state index is 12.9. The topological polar surface area (TPSA) is 29.1 Å². The van der Waals surface area contributed by atoms with E-state index in [1.165, 1.54) is 0 Å². The Morgan fingerprint density at radius 1 is 1.38 bits per heavy atom. The van der Waals surface area contributed by atoms with E-state index in [0.717, 1.165) is 24.8 Å². The van der Waals surface area contributed by atoms with Crippen LogP contribution in [0.3, 0.4) is 0 Å². The molecule has 2 saturated carbocycles. The zero-order valence-corrected chi connectivity index (χ0v) is 13.8. The summed E-state index contributed by atoms with van der Waals surface area (Å²) in [6, 6.07) is 5.11. The quantitative estimate of drug-likeness (QED) is 0.734. The number of halogens is 2. The van der Waals surface area contributed by atoms with Crippen molar-refractivity contribution in [3.63, 3.8) is 0 Å². The number of amides is 1. The molecule has 2 fully saturated rings. The number of hydrogen-bond donors (Lipinski definition) is 1. The lowest BCUT2D eigenvalue weighted by atomic mass is 9.68. The maximum absolute atomic E-state index is 12.9. The Morgan fingerprint density at radius 3 is 2.67 bits per heavy atom. The lowest BCUT2D eigenvalue weighted by Gasteiger charge is -2.37. The standard InChI is InChI=1S/C17H19Cl2NO/c1-10-16(2,3)11-6-7-17(10,9-11)15(21)20-14-5-4-12(18)8-13(14)19/h4-5,8,11H,1,6-7,9H2,2-3H3,(H,20,21)/t11-,17+/m1/s1. The summed E-state index contributed by atoms with van der Waals surface area (Å²) in [4.78, 5) is 12.9. The van der Waals surface area contributed by atoms with Gasteiger partial charge in [-0.3, -0.25) is 4.79 Å². The van der Waals surface area contributed by atoms with Crippen molar-refractivity contribution >= 4 is 34.8 Å². The van der Waals surface area contributed by atoms with Crippen LogP contribution in [0.5, 0.6) is 0 Å². The summed E-state index contributed by atoms with van der Waals surface area (Å²) in [6.45, 7) is 8.64. The smallest absolute Gasteiger partial charge is 0.234 e. The molecule has 4 heteroatoms. The van der Waals surface area contributed by atoms with E-state index in [-0.39, 0.29) is 11.3 Å². The van der Waals surface area contributed by atoms with Crippen molar-refractivity contribution in [3.8, 4) is 0 Å². The van der Waals surface area contributed by atoms with Gasteiger partial charge in [0, 0.05) is 5.02 Å². The molecular formula is C17H19Cl2NO. The third kappa shape index (κ3) is 2.11. The minimum absolute atomic E-state index is 0.0183. The lowest BCUT2D eigenvalue weighted by molar-refractivity contribution is -0.123. The van der Waals surface area contributed by atoms with Crippen molar-refractivity contribution in [2.24, 2.45) is 16.7 Å². The number of hydrogen-bond acceptors (Lipinski definition) is 1. The minimum Gasteiger partial charge on any atom is -0.324 e. The van der Waals surface area contributed by atoms with E-state index < -0.39 is 5.41 Å². The number of anilines is 1. The molecule has 2 atom stereocenters. The first-order valence-electron chi connectivity index (χ1n) is 7.24. The van der Waals surface area contributed by atoms with Crippen LogP contribution in [0.2, 0.25) is 10.0 Å². The molecule has 0 aliphatic heterocycles. The van der Waals surface area contributed by atoms with Crippen LogP contribution in [0.15, 0.2) is 30.4 Å². The summed E-state index contributed by atoms with van der Waals surface area (Å²) in [6.07, 6.45) is 2.88. The fourth-order valence-electron chi connectivity index (χ4n) is 3.97. The van der Waals surface area contributed by atoms with Gasteiger partial charge in [-0.15, -0.1) is 0 Å². The summed E-state index contributed by atoms with van der Waals surface area (Å²) in [5.74, 6) is 0.571. The summed E-state index contributed by atoms with van der Waals surface area (Å²) in [5, 5.41) is 4.00. The van der Waals surface area contributed by atoms with Gasteiger partial charge >= 0.3 is 0 Å². The molecule has 0 unspecified atom stereocenters. The van der Waals surface area contributed by atoms with Crippen LogP contribution >= 0.6 is 23.2 Å². The van der Waals surface area contributed by atoms with Crippen LogP contribution in [-0.2, 0) is 4.79 Å². The van der Waals surface area contributed by atoms with Crippen LogP contribution in [0.1, 0.15) is 33.1 Å². The lowest BCUT2D eigenvalue weighted by Crippen LogP contribution is -2.37. The van der Waals surface area contributed by atoms with Crippen molar-refractivity contribution in [1.29, 1.82) is 0 Å². The molecule has 112 valence electrons. The SMILES string of the molecule is C=C1C(C)(C)[C@@H]2CC[C@]1(C(=O)Nc1ccc(Cl)cc1Cl)C2. The monoisotopic (exact) mass is 323 g/mol. The van der Waals surface area contributed by atoms with Gasteiger partial charge in [-0.25, -0.2) is 0 Å². The van der Waals surface area contributed by atoms with Crippen molar-refractivity contribution in [2.45, 2.75) is 33.1 Å². The average Bonchev–Trinajstić information content (AvgIpc) is 2.93. The maximum Gasteiger partial charge on any atom is 0.234 e. The minimum atomic E-state index is -0.433. The molecule has 0 aromatic heterocycles. The molecule has 1 aromatic carbocycles. The van der Waals surface area contributed by atoms with Gasteiger partial charge in [-0.2, -0.15) is 0 Å². The third-order valence-electron chi connectivity index (χ3n) is 5.50. The van der Waals surface area contributed by atoms with E-state index in [1.54, 1.807) is 18.2 Å². The molecule has 2 nitrogen and oxygen atoms in total. The Labute approximate surface area is 135 Å². The van der Waals surface area contributed by atoms with E-state index >= 15 is 0 Å². The second-order valence-corrected chi connectivity index (χ2v) is 7.64. The first kappa shape index (κ1) is 14.9. The molecule has 1 aromatic rings. The number of fused-ring (bicyclic) bond motifs is 2. The van der Waals surface area contributed by atoms with Crippen molar-refractivity contribution in [1.82, 2.24) is 0 Å². The van der Waals surface area contributed by atoms with E-state index in [9.17, 15) is 4.79 Å². The fourth-order valence-corrected chi connectivity index (χ4v) is 4.43. The second-order valence-electron chi connectivity index (χ2n) is 6.80. The molecular weight excluding hydrogens is 305 g/mol. The normalized spacial score (nSPS) is 29.7. The summed E-state index contributed by atoms with van der Waals surface area (Å²) >= 11 is 12.0. The zero-order valence-electron chi connectivity index (χ0n) is 12.3. The van der Waals surface area contributed by atoms with E-state index in [0.29, 0.717) is 21.7 Å². The predicted octanol–water partition coefficient (Wildman–Crippen LogP) is 5.31. The zero-order chi connectivity index (χ0) is 15.4. The molecule has 0 saturated heterocycles. The molecule has 1 amide bonds. The van der Waals surface area contributed by atoms with Gasteiger partial charge in [0.05, 0.1) is 16.1 Å². The Balaban J connectivity index is 1.88. The Kier molecular flexibility index (Phi) is 3.38. The highest BCUT2D eigenvalue weighted by atomic mass is 35.5. The van der Waals surface area contributed by atoms with E-state index in [4.69, 9.17) is 23.2 Å². The Bertz CT molecular complexity index is 638. The molecule has 0 heterocycles. The van der Waals surface area contributed by atoms with Gasteiger partial charge in [-0.1, -0.05) is 49.2 Å². The average molecular weight is 324 g/mol. The highest BCUT2D eigenvalue weighted by molar-refractivity contribution is 6.36. The molecule has 1 N–H and O–H groups in total. The summed E-state index contributed by atoms with van der Waals surface area (Å²) in [5.41, 5.74) is 1.28. The molecule has 0 radical (unpaired) electrons. The first-order valence-corrected chi connectivity index (χ1v) is 7.99. The summed E-state index contributed by atoms with van der Waals surface area (Å²) < 4.78 is 0. The van der Waals surface area contributed by atoms with Crippen molar-refractivity contribution < 1.29 is 4.79 Å². The largest absolute Gasteiger partial charge is 0.324 e. The highest BCUT2D eigenvalue weighted by Gasteiger charge is 2.60. The fraction of sp³-hybridized carbons (Fsp3) is 0.471. The molecule has 21 heavy (non-hydrogen) atoms. The van der Waals surface area contributed by atoms with Crippen LogP contribution in [0, 0.1) is 16.7 Å². The van der Waals surface area contributed by atoms with Crippen LogP contribution in [0.25, 0.3) is 0 Å². The van der Waals surface area contributed by atoms with Gasteiger partial charge in [0.25, 0.3) is 0 Å². The first-order chi connectivity index (χ1) is 9.77. The van der Waals surface area contributed by atoms with Crippen molar-refractivity contribution in [3.05, 3.63) is 40.4 Å². The molecule has 2 aliphatic carbocycles. The number of carbonyl (C=O) groups excluding carboxylic acids is 1. The van der Waals surface area contributed by atoms with Gasteiger partial charge < -0.3 is 5.32 Å². The van der Waals surface area contributed by atoms with Gasteiger partial charge in [0.15, 0.2) is 0 Å². The van der Waals surface area contributed by atoms with Crippen molar-refractivity contribution in [2.75, 3.05) is 5.32 Å². The predicted molar refractivity (Wildman–Crippen MR) is 87.8 cm³/mol. The molecule has 0 spiro atoms. The number of benzene rings is 1. The van der Waals surface area contributed by atoms with E-state index in [1.807, 2.05) is 0 Å². The molecule has 3 rings (SSSR count). The van der Waals surface area contributed by atoms with E-state index in [2.05, 4.69) is 25.7 Å². The Hall–Kier alpha value is -0.990. The van der Waals surface area contributed by atoms with Crippen LogP contribution < -0.4 is 5.32 Å². The summed E-state index contributed by atoms with van der Waals surface area (Å²) in [7, 11) is 0. The third-order valence-corrected chi connectivity index (χ3v) is 6.05. The number of nitrogens with one attached hydrogen (secondary N) is 1. The molecule has 2 aliphatic rings. The second kappa shape index (κ2) is 4.76. The van der Waals surface area contributed by atoms with Gasteiger partial charge in [-0.05, 0) is 48.8 Å². The number of rotatable bonds is 2. The number of carbonyl (C=O) groups is 1. The highest BCUT2D eigenvalue weighted by Crippen LogP contribution is 2.65. The molecule has 2 bridgehead atoms. The van der Waals surface area contributed by atoms with Gasteiger partial charge in [0.1, 0.15) is 0 Å².